The lowest BCUT2D eigenvalue weighted by Crippen LogP contribution is -2.14. The zero-order valence-electron chi connectivity index (χ0n) is 11.8. The molecule has 6 nitrogen and oxygen atoms in total. The standard InChI is InChI=1S/C13H18BN3O3/c1-9(18)16-11-6-4-10(5-7-13(19)15-2)8-12(11)17-14-20-3/h4-8,14,17H,1-3H3,(H,15,19)(H,16,18)/b7-5+. The van der Waals surface area contributed by atoms with Gasteiger partial charge in [-0.25, -0.2) is 0 Å². The van der Waals surface area contributed by atoms with Crippen LogP contribution in [0.15, 0.2) is 24.3 Å². The van der Waals surface area contributed by atoms with Crippen LogP contribution in [0.25, 0.3) is 6.08 Å². The largest absolute Gasteiger partial charge is 0.422 e. The Morgan fingerprint density at radius 2 is 2.05 bits per heavy atom. The maximum atomic E-state index is 11.2. The van der Waals surface area contributed by atoms with Gasteiger partial charge in [-0.3, -0.25) is 9.59 Å². The molecule has 0 aliphatic rings. The molecule has 0 heterocycles. The van der Waals surface area contributed by atoms with Gasteiger partial charge in [0.1, 0.15) is 0 Å². The molecule has 0 unspecified atom stereocenters. The summed E-state index contributed by atoms with van der Waals surface area (Å²) < 4.78 is 4.96. The number of benzene rings is 1. The van der Waals surface area contributed by atoms with Crippen LogP contribution in [0.3, 0.4) is 0 Å². The molecule has 20 heavy (non-hydrogen) atoms. The Labute approximate surface area is 118 Å². The Morgan fingerprint density at radius 3 is 2.65 bits per heavy atom. The first kappa shape index (κ1) is 15.8. The molecule has 1 aromatic carbocycles. The molecular formula is C13H18BN3O3. The normalized spacial score (nSPS) is 10.2. The van der Waals surface area contributed by atoms with E-state index >= 15 is 0 Å². The smallest absolute Gasteiger partial charge is 0.393 e. The molecule has 0 spiro atoms. The molecule has 0 aromatic heterocycles. The van der Waals surface area contributed by atoms with E-state index in [0.29, 0.717) is 13.3 Å². The summed E-state index contributed by atoms with van der Waals surface area (Å²) in [5.74, 6) is -0.332. The van der Waals surface area contributed by atoms with Crippen molar-refractivity contribution in [2.45, 2.75) is 6.92 Å². The van der Waals surface area contributed by atoms with E-state index in [1.807, 2.05) is 12.1 Å². The second-order valence-electron chi connectivity index (χ2n) is 4.04. The van der Waals surface area contributed by atoms with Crippen molar-refractivity contribution >= 4 is 36.9 Å². The predicted molar refractivity (Wildman–Crippen MR) is 81.6 cm³/mol. The third-order valence-corrected chi connectivity index (χ3v) is 2.43. The highest BCUT2D eigenvalue weighted by Crippen LogP contribution is 2.23. The molecule has 1 aromatic rings. The third-order valence-electron chi connectivity index (χ3n) is 2.43. The zero-order valence-corrected chi connectivity index (χ0v) is 11.8. The molecule has 0 aliphatic heterocycles. The van der Waals surface area contributed by atoms with Gasteiger partial charge in [-0.05, 0) is 23.8 Å². The highest BCUT2D eigenvalue weighted by molar-refractivity contribution is 6.33. The monoisotopic (exact) mass is 275 g/mol. The minimum absolute atomic E-state index is 0.154. The molecule has 2 amide bonds. The number of likely N-dealkylation sites (N-methyl/N-ethyl adjacent to an activating group) is 1. The highest BCUT2D eigenvalue weighted by Gasteiger charge is 2.05. The fourth-order valence-electron chi connectivity index (χ4n) is 1.52. The molecular weight excluding hydrogens is 257 g/mol. The first-order valence-corrected chi connectivity index (χ1v) is 6.11. The van der Waals surface area contributed by atoms with Crippen LogP contribution in [-0.2, 0) is 14.2 Å². The van der Waals surface area contributed by atoms with Gasteiger partial charge < -0.3 is 20.5 Å². The Hall–Kier alpha value is -2.28. The van der Waals surface area contributed by atoms with Crippen molar-refractivity contribution in [3.63, 3.8) is 0 Å². The van der Waals surface area contributed by atoms with E-state index in [1.54, 1.807) is 26.3 Å². The van der Waals surface area contributed by atoms with Gasteiger partial charge in [0.05, 0.1) is 5.69 Å². The summed E-state index contributed by atoms with van der Waals surface area (Å²) in [5.41, 5.74) is 2.22. The van der Waals surface area contributed by atoms with Gasteiger partial charge in [0.2, 0.25) is 11.8 Å². The maximum absolute atomic E-state index is 11.2. The predicted octanol–water partition coefficient (Wildman–Crippen LogP) is 0.729. The number of hydrogen-bond donors (Lipinski definition) is 3. The topological polar surface area (TPSA) is 79.5 Å². The highest BCUT2D eigenvalue weighted by atomic mass is 16.4. The van der Waals surface area contributed by atoms with Gasteiger partial charge >= 0.3 is 7.62 Å². The summed E-state index contributed by atoms with van der Waals surface area (Å²) in [6.45, 7) is 1.44. The van der Waals surface area contributed by atoms with Crippen LogP contribution in [0.4, 0.5) is 11.4 Å². The summed E-state index contributed by atoms with van der Waals surface area (Å²) in [7, 11) is 3.45. The molecule has 106 valence electrons. The summed E-state index contributed by atoms with van der Waals surface area (Å²) in [6.07, 6.45) is 3.13. The minimum atomic E-state index is -0.178. The maximum Gasteiger partial charge on any atom is 0.393 e. The SMILES string of the molecule is CNC(=O)/C=C/c1ccc(NC(C)=O)c(NBOC)c1. The van der Waals surface area contributed by atoms with Crippen molar-refractivity contribution in [3.05, 3.63) is 29.8 Å². The number of hydrogen-bond acceptors (Lipinski definition) is 4. The van der Waals surface area contributed by atoms with Crippen molar-refractivity contribution in [2.24, 2.45) is 0 Å². The molecule has 0 saturated carbocycles. The van der Waals surface area contributed by atoms with Crippen LogP contribution in [0.2, 0.25) is 0 Å². The average Bonchev–Trinajstić information content (AvgIpc) is 2.43. The Bertz CT molecular complexity index is 518. The van der Waals surface area contributed by atoms with Crippen LogP contribution in [0, 0.1) is 0 Å². The van der Waals surface area contributed by atoms with E-state index in [1.165, 1.54) is 13.0 Å². The van der Waals surface area contributed by atoms with Crippen LogP contribution < -0.4 is 15.9 Å². The molecule has 0 atom stereocenters. The number of rotatable bonds is 6. The number of amides is 2. The number of carbonyl (C=O) groups excluding carboxylic acids is 2. The van der Waals surface area contributed by atoms with Crippen molar-refractivity contribution in [1.82, 2.24) is 5.32 Å². The van der Waals surface area contributed by atoms with Gasteiger partial charge in [0, 0.05) is 32.8 Å². The first-order chi connectivity index (χ1) is 9.56. The summed E-state index contributed by atoms with van der Waals surface area (Å²) in [4.78, 5) is 22.3. The fourth-order valence-corrected chi connectivity index (χ4v) is 1.52. The zero-order chi connectivity index (χ0) is 15.0. The second-order valence-corrected chi connectivity index (χ2v) is 4.04. The number of nitrogens with one attached hydrogen (secondary N) is 3. The lowest BCUT2D eigenvalue weighted by atomic mass is 10.1. The van der Waals surface area contributed by atoms with E-state index in [2.05, 4.69) is 15.9 Å². The molecule has 0 aliphatic carbocycles. The van der Waals surface area contributed by atoms with Crippen LogP contribution in [-0.4, -0.2) is 33.6 Å². The lowest BCUT2D eigenvalue weighted by molar-refractivity contribution is -0.116. The van der Waals surface area contributed by atoms with Gasteiger partial charge in [-0.2, -0.15) is 0 Å². The van der Waals surface area contributed by atoms with E-state index < -0.39 is 0 Å². The molecule has 0 radical (unpaired) electrons. The minimum Gasteiger partial charge on any atom is -0.422 e. The van der Waals surface area contributed by atoms with E-state index in [-0.39, 0.29) is 11.8 Å². The van der Waals surface area contributed by atoms with Crippen molar-refractivity contribution < 1.29 is 14.2 Å². The quantitative estimate of drug-likeness (QED) is 0.528. The van der Waals surface area contributed by atoms with Gasteiger partial charge in [-0.15, -0.1) is 0 Å². The van der Waals surface area contributed by atoms with Crippen LogP contribution >= 0.6 is 0 Å². The summed E-state index contributed by atoms with van der Waals surface area (Å²) >= 11 is 0. The van der Waals surface area contributed by atoms with E-state index in [0.717, 1.165) is 11.3 Å². The second kappa shape index (κ2) is 8.01. The number of anilines is 2. The van der Waals surface area contributed by atoms with Crippen molar-refractivity contribution in [3.8, 4) is 0 Å². The average molecular weight is 275 g/mol. The van der Waals surface area contributed by atoms with Crippen LogP contribution in [0.1, 0.15) is 12.5 Å². The summed E-state index contributed by atoms with van der Waals surface area (Å²) in [6, 6.07) is 5.40. The number of carbonyl (C=O) groups is 2. The molecule has 0 fully saturated rings. The van der Waals surface area contributed by atoms with E-state index in [9.17, 15) is 9.59 Å². The van der Waals surface area contributed by atoms with E-state index in [4.69, 9.17) is 4.65 Å². The third kappa shape index (κ3) is 5.15. The Kier molecular flexibility index (Phi) is 6.32. The Balaban J connectivity index is 2.97. The molecule has 0 bridgehead atoms. The van der Waals surface area contributed by atoms with Gasteiger partial charge in [0.15, 0.2) is 0 Å². The van der Waals surface area contributed by atoms with Gasteiger partial charge in [-0.1, -0.05) is 6.07 Å². The van der Waals surface area contributed by atoms with Crippen molar-refractivity contribution in [1.29, 1.82) is 0 Å². The molecule has 0 saturated heterocycles. The lowest BCUT2D eigenvalue weighted by Gasteiger charge is -2.12. The molecule has 3 N–H and O–H groups in total. The molecule has 1 rings (SSSR count). The van der Waals surface area contributed by atoms with Crippen LogP contribution in [0.5, 0.6) is 0 Å². The first-order valence-electron chi connectivity index (χ1n) is 6.11. The van der Waals surface area contributed by atoms with Gasteiger partial charge in [0.25, 0.3) is 0 Å². The van der Waals surface area contributed by atoms with Crippen molar-refractivity contribution in [2.75, 3.05) is 24.7 Å². The summed E-state index contributed by atoms with van der Waals surface area (Å²) in [5, 5.41) is 8.27. The fraction of sp³-hybridized carbons (Fsp3) is 0.231. The molecule has 7 heteroatoms. The Morgan fingerprint density at radius 1 is 1.30 bits per heavy atom.